The molecule has 16 rings (SSSR count). The van der Waals surface area contributed by atoms with Crippen molar-refractivity contribution in [3.8, 4) is 11.5 Å². The molecular formula is C63H49B4N3O. The molecule has 0 aromatic heterocycles. The van der Waals surface area contributed by atoms with Gasteiger partial charge in [-0.3, -0.25) is 0 Å². The van der Waals surface area contributed by atoms with E-state index in [0.29, 0.717) is 17.8 Å². The van der Waals surface area contributed by atoms with Crippen molar-refractivity contribution in [3.05, 3.63) is 187 Å². The van der Waals surface area contributed by atoms with E-state index in [1.807, 2.05) is 0 Å². The van der Waals surface area contributed by atoms with Gasteiger partial charge in [0.1, 0.15) is 11.5 Å². The van der Waals surface area contributed by atoms with Gasteiger partial charge in [-0.2, -0.15) is 0 Å². The Morgan fingerprint density at radius 2 is 0.662 bits per heavy atom. The Kier molecular flexibility index (Phi) is 7.96. The minimum atomic E-state index is -0.0413. The van der Waals surface area contributed by atoms with E-state index in [1.54, 1.807) is 0 Å². The van der Waals surface area contributed by atoms with Crippen LogP contribution in [-0.2, 0) is 0 Å². The molecule has 0 unspecified atom stereocenters. The average Bonchev–Trinajstić information content (AvgIpc) is 3.42. The molecule has 0 saturated heterocycles. The zero-order valence-electron chi connectivity index (χ0n) is 41.0. The predicted molar refractivity (Wildman–Crippen MR) is 304 cm³/mol. The fraction of sp³-hybridized carbons (Fsp3) is 0.143. The van der Waals surface area contributed by atoms with Gasteiger partial charge >= 0.3 is 0 Å². The highest BCUT2D eigenvalue weighted by Gasteiger charge is 2.57. The summed E-state index contributed by atoms with van der Waals surface area (Å²) in [4.78, 5) is 8.01. The number of rotatable bonds is 4. The van der Waals surface area contributed by atoms with Crippen LogP contribution >= 0.6 is 0 Å². The van der Waals surface area contributed by atoms with Crippen LogP contribution in [0.3, 0.4) is 0 Å². The number of para-hydroxylation sites is 6. The number of hydrogen-bond donors (Lipinski definition) is 0. The van der Waals surface area contributed by atoms with Crippen LogP contribution in [0.1, 0.15) is 76.0 Å². The molecule has 0 saturated carbocycles. The van der Waals surface area contributed by atoms with Gasteiger partial charge in [-0.05, 0) is 131 Å². The summed E-state index contributed by atoms with van der Waals surface area (Å²) in [6.07, 6.45) is 0. The van der Waals surface area contributed by atoms with E-state index in [-0.39, 0.29) is 26.9 Å². The Morgan fingerprint density at radius 3 is 1.07 bits per heavy atom. The normalized spacial score (nSPS) is 14.9. The largest absolute Gasteiger partial charge is 0.458 e. The lowest BCUT2D eigenvalue weighted by Crippen LogP contribution is -2.75. The van der Waals surface area contributed by atoms with Crippen LogP contribution in [0.15, 0.2) is 170 Å². The van der Waals surface area contributed by atoms with Crippen LogP contribution in [0, 0.1) is 0 Å². The van der Waals surface area contributed by atoms with Crippen molar-refractivity contribution in [2.45, 2.75) is 59.3 Å². The van der Waals surface area contributed by atoms with E-state index in [1.165, 1.54) is 133 Å². The molecule has 0 atom stereocenters. The second-order valence-electron chi connectivity index (χ2n) is 22.0. The Bertz CT molecular complexity index is 3830. The second-order valence-corrected chi connectivity index (χ2v) is 22.0. The van der Waals surface area contributed by atoms with E-state index >= 15 is 0 Å². The van der Waals surface area contributed by atoms with Gasteiger partial charge < -0.3 is 19.4 Å². The van der Waals surface area contributed by atoms with Crippen molar-refractivity contribution in [3.63, 3.8) is 0 Å². The molecule has 8 heteroatoms. The van der Waals surface area contributed by atoms with Crippen LogP contribution in [0.25, 0.3) is 0 Å². The summed E-state index contributed by atoms with van der Waals surface area (Å²) in [5.74, 6) is 2.98. The Labute approximate surface area is 418 Å². The van der Waals surface area contributed by atoms with Gasteiger partial charge in [-0.1, -0.05) is 174 Å². The van der Waals surface area contributed by atoms with Gasteiger partial charge in [0.05, 0.1) is 0 Å². The van der Waals surface area contributed by atoms with Crippen LogP contribution in [-0.4, -0.2) is 26.9 Å². The molecule has 0 spiro atoms. The molecule has 7 aliphatic heterocycles. The van der Waals surface area contributed by atoms with E-state index in [2.05, 4.69) is 226 Å². The molecule has 334 valence electrons. The van der Waals surface area contributed by atoms with Gasteiger partial charge in [0.15, 0.2) is 0 Å². The molecule has 7 heterocycles. The molecular weight excluding hydrogens is 858 g/mol. The van der Waals surface area contributed by atoms with Crippen LogP contribution in [0.2, 0.25) is 0 Å². The van der Waals surface area contributed by atoms with Gasteiger partial charge in [0, 0.05) is 57.3 Å². The standard InChI is InChI=1S/C63H49B4N3O/c1-35(2)38-31-39(36(3)4)57(40(32-38)37(5)6)67-46-24-12-18-30-55(46)71-56-34-54-47(33-48(56)67)66-45-23-11-16-28-52(45)69-51-27-15-8-20-42(51)64-41-19-7-13-25-49(41)68-50-26-14-9-21-43(50)65-44-22-10-17-29-53(44)70(54)63-59(65)61(68)58(64)62(69)60(63)66/h7-37H,1-6H3. The minimum Gasteiger partial charge on any atom is -0.458 e. The van der Waals surface area contributed by atoms with E-state index < -0.39 is 0 Å². The lowest BCUT2D eigenvalue weighted by Gasteiger charge is -2.55. The summed E-state index contributed by atoms with van der Waals surface area (Å²) in [5.41, 5.74) is 32.2. The molecule has 0 amide bonds. The lowest BCUT2D eigenvalue weighted by atomic mass is 9.24. The van der Waals surface area contributed by atoms with Crippen LogP contribution in [0.4, 0.5) is 51.2 Å². The number of nitrogens with zero attached hydrogens (tertiary/aromatic N) is 3. The van der Waals surface area contributed by atoms with Crippen molar-refractivity contribution in [1.82, 2.24) is 0 Å². The van der Waals surface area contributed by atoms with E-state index in [9.17, 15) is 0 Å². The van der Waals surface area contributed by atoms with Gasteiger partial charge in [0.25, 0.3) is 26.9 Å². The number of fused-ring (bicyclic) bond motifs is 20. The summed E-state index contributed by atoms with van der Waals surface area (Å²) in [6.45, 7) is 14.3. The Hall–Kier alpha value is -7.56. The van der Waals surface area contributed by atoms with Crippen molar-refractivity contribution in [2.75, 3.05) is 14.7 Å². The second kappa shape index (κ2) is 14.1. The first-order chi connectivity index (χ1) is 34.8. The smallest absolute Gasteiger partial charge is 0.252 e. The van der Waals surface area contributed by atoms with Crippen molar-refractivity contribution in [1.29, 1.82) is 0 Å². The fourth-order valence-corrected chi connectivity index (χ4v) is 14.6. The number of hydrogen-bond acceptors (Lipinski definition) is 4. The van der Waals surface area contributed by atoms with Crippen molar-refractivity contribution in [2.24, 2.45) is 0 Å². The Morgan fingerprint density at radius 1 is 0.310 bits per heavy atom. The molecule has 4 nitrogen and oxygen atoms in total. The van der Waals surface area contributed by atoms with Crippen LogP contribution in [0.5, 0.6) is 11.5 Å². The number of ether oxygens (including phenoxy) is 1. The number of benzene rings is 9. The average molecular weight is 907 g/mol. The van der Waals surface area contributed by atoms with Gasteiger partial charge in [-0.25, -0.2) is 0 Å². The molecule has 0 radical (unpaired) electrons. The first kappa shape index (κ1) is 40.2. The highest BCUT2D eigenvalue weighted by atomic mass is 16.5. The third-order valence-electron chi connectivity index (χ3n) is 17.4. The molecule has 0 bridgehead atoms. The van der Waals surface area contributed by atoms with Crippen LogP contribution < -0.4 is 85.0 Å². The number of anilines is 9. The van der Waals surface area contributed by atoms with Gasteiger partial charge in [0.2, 0.25) is 0 Å². The molecule has 0 fully saturated rings. The first-order valence-electron chi connectivity index (χ1n) is 26.0. The topological polar surface area (TPSA) is 19.0 Å². The van der Waals surface area contributed by atoms with Gasteiger partial charge in [-0.15, -0.1) is 0 Å². The van der Waals surface area contributed by atoms with E-state index in [0.717, 1.165) is 11.5 Å². The molecule has 7 aliphatic rings. The van der Waals surface area contributed by atoms with Crippen molar-refractivity contribution < 1.29 is 4.74 Å². The summed E-state index contributed by atoms with van der Waals surface area (Å²) in [7, 11) is 0. The SMILES string of the molecule is CC(C)c1cc(C(C)C)c(B2c3ccccc3Oc3cc4c(cc32)B2c3ccccc3N3c5ccccc5B5c6ccccc6N6c7ccccc7B7c8ccccc8N4c4c7c6c5c3c42)c(C(C)C)c1. The fourth-order valence-electron chi connectivity index (χ4n) is 14.6. The monoisotopic (exact) mass is 907 g/mol. The highest BCUT2D eigenvalue weighted by Crippen LogP contribution is 2.51. The lowest BCUT2D eigenvalue weighted by molar-refractivity contribution is 0.487. The quantitative estimate of drug-likeness (QED) is 0.170. The first-order valence-corrected chi connectivity index (χ1v) is 26.0. The predicted octanol–water partition coefficient (Wildman–Crippen LogP) is 7.52. The highest BCUT2D eigenvalue weighted by molar-refractivity contribution is 7.09. The molecule has 0 N–H and O–H groups in total. The van der Waals surface area contributed by atoms with E-state index in [4.69, 9.17) is 4.74 Å². The maximum absolute atomic E-state index is 7.31. The zero-order valence-corrected chi connectivity index (χ0v) is 41.0. The molecule has 0 aliphatic carbocycles. The third kappa shape index (κ3) is 4.96. The molecule has 9 aromatic carbocycles. The Balaban J connectivity index is 1.07. The molecule has 71 heavy (non-hydrogen) atoms. The molecule has 9 aromatic rings. The maximum Gasteiger partial charge on any atom is 0.252 e. The third-order valence-corrected chi connectivity index (χ3v) is 17.4. The van der Waals surface area contributed by atoms with Crippen molar-refractivity contribution >= 4 is 144 Å². The summed E-state index contributed by atoms with van der Waals surface area (Å²) in [5, 5.41) is 0. The zero-order chi connectivity index (χ0) is 47.3. The summed E-state index contributed by atoms with van der Waals surface area (Å²) >= 11 is 0. The summed E-state index contributed by atoms with van der Waals surface area (Å²) in [6, 6.07) is 65.5. The summed E-state index contributed by atoms with van der Waals surface area (Å²) < 4.78 is 7.31. The maximum atomic E-state index is 7.31. The minimum absolute atomic E-state index is 0.0214.